The SMILES string of the molecule is Cc1nn(CCS(C)(=O)=O)c(C)c1C(C)NCc1cccs1. The van der Waals surface area contributed by atoms with Gasteiger partial charge in [-0.3, -0.25) is 4.68 Å². The highest BCUT2D eigenvalue weighted by atomic mass is 32.2. The molecule has 0 aliphatic heterocycles. The maximum atomic E-state index is 11.3. The first-order valence-electron chi connectivity index (χ1n) is 7.25. The largest absolute Gasteiger partial charge is 0.305 e. The molecule has 1 N–H and O–H groups in total. The zero-order valence-electron chi connectivity index (χ0n) is 13.5. The number of aryl methyl sites for hydroxylation is 2. The van der Waals surface area contributed by atoms with Crippen LogP contribution in [0.1, 0.15) is 34.8 Å². The summed E-state index contributed by atoms with van der Waals surface area (Å²) in [6.45, 7) is 7.32. The second kappa shape index (κ2) is 6.93. The topological polar surface area (TPSA) is 64.0 Å². The molecule has 2 aromatic rings. The van der Waals surface area contributed by atoms with Crippen molar-refractivity contribution < 1.29 is 8.42 Å². The number of nitrogens with one attached hydrogen (secondary N) is 1. The number of hydrogen-bond acceptors (Lipinski definition) is 5. The molecule has 0 aliphatic carbocycles. The molecule has 0 saturated heterocycles. The highest BCUT2D eigenvalue weighted by Gasteiger charge is 2.18. The lowest BCUT2D eigenvalue weighted by Gasteiger charge is -2.14. The Bertz CT molecular complexity index is 718. The zero-order valence-corrected chi connectivity index (χ0v) is 15.1. The van der Waals surface area contributed by atoms with Crippen LogP contribution in [0.15, 0.2) is 17.5 Å². The fourth-order valence-corrected chi connectivity index (χ4v) is 3.74. The van der Waals surface area contributed by atoms with E-state index in [-0.39, 0.29) is 11.8 Å². The third-order valence-electron chi connectivity index (χ3n) is 3.71. The number of hydrogen-bond donors (Lipinski definition) is 1. The van der Waals surface area contributed by atoms with Crippen LogP contribution in [0.25, 0.3) is 0 Å². The van der Waals surface area contributed by atoms with Crippen molar-refractivity contribution in [3.05, 3.63) is 39.3 Å². The van der Waals surface area contributed by atoms with E-state index in [2.05, 4.69) is 28.8 Å². The average molecular weight is 342 g/mol. The second-order valence-corrected chi connectivity index (χ2v) is 8.91. The highest BCUT2D eigenvalue weighted by molar-refractivity contribution is 7.90. The maximum Gasteiger partial charge on any atom is 0.149 e. The molecule has 122 valence electrons. The van der Waals surface area contributed by atoms with E-state index >= 15 is 0 Å². The van der Waals surface area contributed by atoms with E-state index in [0.717, 1.165) is 23.5 Å². The van der Waals surface area contributed by atoms with E-state index < -0.39 is 9.84 Å². The van der Waals surface area contributed by atoms with E-state index in [0.29, 0.717) is 6.54 Å². The highest BCUT2D eigenvalue weighted by Crippen LogP contribution is 2.22. The summed E-state index contributed by atoms with van der Waals surface area (Å²) >= 11 is 1.73. The Morgan fingerprint density at radius 2 is 2.14 bits per heavy atom. The van der Waals surface area contributed by atoms with E-state index in [1.807, 2.05) is 19.9 Å². The molecule has 2 heterocycles. The summed E-state index contributed by atoms with van der Waals surface area (Å²) < 4.78 is 24.4. The van der Waals surface area contributed by atoms with Gasteiger partial charge >= 0.3 is 0 Å². The molecule has 0 saturated carbocycles. The van der Waals surface area contributed by atoms with Crippen molar-refractivity contribution in [1.82, 2.24) is 15.1 Å². The van der Waals surface area contributed by atoms with Crippen LogP contribution in [0.2, 0.25) is 0 Å². The van der Waals surface area contributed by atoms with Crippen molar-refractivity contribution in [1.29, 1.82) is 0 Å². The number of nitrogens with zero attached hydrogens (tertiary/aromatic N) is 2. The zero-order chi connectivity index (χ0) is 16.3. The lowest BCUT2D eigenvalue weighted by molar-refractivity contribution is 0.567. The fourth-order valence-electron chi connectivity index (χ4n) is 2.58. The molecule has 0 radical (unpaired) electrons. The third kappa shape index (κ3) is 4.41. The normalized spacial score (nSPS) is 13.5. The number of rotatable bonds is 7. The van der Waals surface area contributed by atoms with Gasteiger partial charge in [0.1, 0.15) is 9.84 Å². The van der Waals surface area contributed by atoms with Gasteiger partial charge in [0.05, 0.1) is 18.0 Å². The molecule has 0 bridgehead atoms. The van der Waals surface area contributed by atoms with Gasteiger partial charge in [-0.1, -0.05) is 6.07 Å². The summed E-state index contributed by atoms with van der Waals surface area (Å²) in [5.41, 5.74) is 3.15. The van der Waals surface area contributed by atoms with Crippen molar-refractivity contribution in [3.63, 3.8) is 0 Å². The van der Waals surface area contributed by atoms with Gasteiger partial charge in [0.15, 0.2) is 0 Å². The molecule has 0 amide bonds. The molecular formula is C15H23N3O2S2. The Morgan fingerprint density at radius 1 is 1.41 bits per heavy atom. The number of sulfone groups is 1. The van der Waals surface area contributed by atoms with Gasteiger partial charge in [-0.2, -0.15) is 5.10 Å². The summed E-state index contributed by atoms with van der Waals surface area (Å²) in [6.07, 6.45) is 1.25. The lowest BCUT2D eigenvalue weighted by Crippen LogP contribution is -2.19. The van der Waals surface area contributed by atoms with Crippen LogP contribution in [0.5, 0.6) is 0 Å². The average Bonchev–Trinajstić information content (AvgIpc) is 3.01. The van der Waals surface area contributed by atoms with Crippen LogP contribution in [0.4, 0.5) is 0 Å². The van der Waals surface area contributed by atoms with Gasteiger partial charge in [-0.05, 0) is 32.2 Å². The van der Waals surface area contributed by atoms with Crippen LogP contribution in [-0.4, -0.2) is 30.2 Å². The predicted molar refractivity (Wildman–Crippen MR) is 91.0 cm³/mol. The van der Waals surface area contributed by atoms with E-state index in [4.69, 9.17) is 0 Å². The molecule has 0 fully saturated rings. The van der Waals surface area contributed by atoms with Crippen molar-refractivity contribution in [2.24, 2.45) is 0 Å². The van der Waals surface area contributed by atoms with E-state index in [1.165, 1.54) is 11.1 Å². The first kappa shape index (κ1) is 17.2. The maximum absolute atomic E-state index is 11.3. The Labute approximate surface area is 136 Å². The summed E-state index contributed by atoms with van der Waals surface area (Å²) in [4.78, 5) is 1.30. The number of thiophene rings is 1. The number of aromatic nitrogens is 2. The van der Waals surface area contributed by atoms with Crippen molar-refractivity contribution >= 4 is 21.2 Å². The van der Waals surface area contributed by atoms with Gasteiger partial charge in [-0.15, -0.1) is 11.3 Å². The van der Waals surface area contributed by atoms with Crippen LogP contribution in [0, 0.1) is 13.8 Å². The lowest BCUT2D eigenvalue weighted by atomic mass is 10.1. The molecule has 5 nitrogen and oxygen atoms in total. The Kier molecular flexibility index (Phi) is 5.41. The van der Waals surface area contributed by atoms with Gasteiger partial charge in [0, 0.05) is 35.0 Å². The van der Waals surface area contributed by atoms with E-state index in [9.17, 15) is 8.42 Å². The van der Waals surface area contributed by atoms with Crippen molar-refractivity contribution in [3.8, 4) is 0 Å². The molecule has 0 aromatic carbocycles. The summed E-state index contributed by atoms with van der Waals surface area (Å²) in [7, 11) is -2.98. The van der Waals surface area contributed by atoms with Crippen LogP contribution in [0.3, 0.4) is 0 Å². The molecular weight excluding hydrogens is 318 g/mol. The first-order valence-corrected chi connectivity index (χ1v) is 10.2. The third-order valence-corrected chi connectivity index (χ3v) is 5.51. The van der Waals surface area contributed by atoms with E-state index in [1.54, 1.807) is 16.0 Å². The first-order chi connectivity index (χ1) is 10.3. The minimum Gasteiger partial charge on any atom is -0.305 e. The van der Waals surface area contributed by atoms with Crippen molar-refractivity contribution in [2.45, 2.75) is 39.9 Å². The molecule has 1 atom stereocenters. The fraction of sp³-hybridized carbons (Fsp3) is 0.533. The van der Waals surface area contributed by atoms with Crippen molar-refractivity contribution in [2.75, 3.05) is 12.0 Å². The molecule has 1 unspecified atom stereocenters. The summed E-state index contributed by atoms with van der Waals surface area (Å²) in [6, 6.07) is 4.33. The molecule has 7 heteroatoms. The van der Waals surface area contributed by atoms with Crippen LogP contribution >= 0.6 is 11.3 Å². The van der Waals surface area contributed by atoms with Crippen LogP contribution in [-0.2, 0) is 22.9 Å². The molecule has 22 heavy (non-hydrogen) atoms. The predicted octanol–water partition coefficient (Wildman–Crippen LogP) is 2.46. The smallest absolute Gasteiger partial charge is 0.149 e. The van der Waals surface area contributed by atoms with Crippen LogP contribution < -0.4 is 5.32 Å². The van der Waals surface area contributed by atoms with Gasteiger partial charge in [-0.25, -0.2) is 8.42 Å². The standard InChI is InChI=1S/C15H23N3O2S2/c1-11(16-10-14-6-5-8-21-14)15-12(2)17-18(13(15)3)7-9-22(4,19)20/h5-6,8,11,16H,7,9-10H2,1-4H3. The quantitative estimate of drug-likeness (QED) is 0.840. The molecule has 0 aliphatic rings. The second-order valence-electron chi connectivity index (χ2n) is 5.62. The summed E-state index contributed by atoms with van der Waals surface area (Å²) in [5.74, 6) is 0.116. The minimum atomic E-state index is -2.98. The Hall–Kier alpha value is -1.18. The minimum absolute atomic E-state index is 0.116. The molecule has 0 spiro atoms. The summed E-state index contributed by atoms with van der Waals surface area (Å²) in [5, 5.41) is 10.1. The van der Waals surface area contributed by atoms with Gasteiger partial charge < -0.3 is 5.32 Å². The molecule has 2 rings (SSSR count). The van der Waals surface area contributed by atoms with Gasteiger partial charge in [0.2, 0.25) is 0 Å². The Balaban J connectivity index is 2.08. The Morgan fingerprint density at radius 3 is 2.73 bits per heavy atom. The van der Waals surface area contributed by atoms with Gasteiger partial charge in [0.25, 0.3) is 0 Å². The monoisotopic (exact) mass is 341 g/mol. The molecule has 2 aromatic heterocycles.